The molecule has 2 rings (SSSR count). The second-order valence-corrected chi connectivity index (χ2v) is 5.43. The Labute approximate surface area is 111 Å². The van der Waals surface area contributed by atoms with Gasteiger partial charge in [-0.2, -0.15) is 0 Å². The van der Waals surface area contributed by atoms with E-state index in [0.717, 1.165) is 18.9 Å². The monoisotopic (exact) mass is 243 g/mol. The van der Waals surface area contributed by atoms with Gasteiger partial charge in [0.25, 0.3) is 0 Å². The van der Waals surface area contributed by atoms with Crippen LogP contribution in [0.15, 0.2) is 36.9 Å². The highest BCUT2D eigenvalue weighted by Gasteiger charge is 2.12. The number of hydrogen-bond acceptors (Lipinski definition) is 1. The molecule has 0 bridgehead atoms. The van der Waals surface area contributed by atoms with Gasteiger partial charge in [-0.25, -0.2) is 0 Å². The van der Waals surface area contributed by atoms with Crippen molar-refractivity contribution < 1.29 is 0 Å². The third kappa shape index (κ3) is 4.30. The molecule has 98 valence electrons. The van der Waals surface area contributed by atoms with Gasteiger partial charge in [-0.15, -0.1) is 0 Å². The van der Waals surface area contributed by atoms with Gasteiger partial charge in [-0.05, 0) is 49.4 Å². The first-order chi connectivity index (χ1) is 8.86. The molecule has 18 heavy (non-hydrogen) atoms. The van der Waals surface area contributed by atoms with Gasteiger partial charge in [-0.3, -0.25) is 0 Å². The molecular formula is C17H25N. The van der Waals surface area contributed by atoms with E-state index < -0.39 is 0 Å². The zero-order valence-corrected chi connectivity index (χ0v) is 11.3. The molecule has 0 spiro atoms. The normalized spacial score (nSPS) is 16.7. The Hall–Kier alpha value is -1.08. The molecule has 1 nitrogen and oxygen atoms in total. The van der Waals surface area contributed by atoms with Crippen LogP contribution in [0.3, 0.4) is 0 Å². The highest BCUT2D eigenvalue weighted by atomic mass is 14.9. The van der Waals surface area contributed by atoms with Crippen molar-refractivity contribution in [1.82, 2.24) is 5.32 Å². The van der Waals surface area contributed by atoms with Crippen molar-refractivity contribution in [2.24, 2.45) is 5.92 Å². The van der Waals surface area contributed by atoms with E-state index in [1.54, 1.807) is 0 Å². The summed E-state index contributed by atoms with van der Waals surface area (Å²) < 4.78 is 0. The Morgan fingerprint density at radius 3 is 2.56 bits per heavy atom. The van der Waals surface area contributed by atoms with Crippen LogP contribution in [0.5, 0.6) is 0 Å². The van der Waals surface area contributed by atoms with Crippen molar-refractivity contribution in [3.8, 4) is 0 Å². The Morgan fingerprint density at radius 2 is 1.83 bits per heavy atom. The van der Waals surface area contributed by atoms with Gasteiger partial charge in [0, 0.05) is 0 Å². The van der Waals surface area contributed by atoms with Crippen LogP contribution >= 0.6 is 0 Å². The Balaban J connectivity index is 1.62. The molecule has 0 aliphatic heterocycles. The average Bonchev–Trinajstić information content (AvgIpc) is 2.45. The van der Waals surface area contributed by atoms with Crippen LogP contribution in [0, 0.1) is 5.92 Å². The fourth-order valence-corrected chi connectivity index (χ4v) is 2.75. The summed E-state index contributed by atoms with van der Waals surface area (Å²) in [5, 5.41) is 3.59. The number of hydrogen-bond donors (Lipinski definition) is 1. The standard InChI is InChI=1S/C17H25N/c1-15(17-10-6-3-7-11-17)12-13-18-14-16-8-4-2-5-9-16/h3,6-7,10-11,16,18H,1-2,4-5,8-9,12-14H2. The SMILES string of the molecule is C=C(CCNCC1CCCCC1)c1ccccc1. The smallest absolute Gasteiger partial charge is 0.000823 e. The molecule has 0 amide bonds. The molecule has 1 aliphatic rings. The van der Waals surface area contributed by atoms with Crippen molar-refractivity contribution in [2.75, 3.05) is 13.1 Å². The first-order valence-electron chi connectivity index (χ1n) is 7.30. The lowest BCUT2D eigenvalue weighted by Crippen LogP contribution is -2.25. The summed E-state index contributed by atoms with van der Waals surface area (Å²) in [6.07, 6.45) is 8.21. The summed E-state index contributed by atoms with van der Waals surface area (Å²) in [4.78, 5) is 0. The first-order valence-corrected chi connectivity index (χ1v) is 7.30. The Morgan fingerprint density at radius 1 is 1.11 bits per heavy atom. The summed E-state index contributed by atoms with van der Waals surface area (Å²) in [6, 6.07) is 10.5. The molecule has 1 aromatic carbocycles. The van der Waals surface area contributed by atoms with E-state index in [0.29, 0.717) is 0 Å². The zero-order valence-electron chi connectivity index (χ0n) is 11.3. The maximum absolute atomic E-state index is 4.17. The molecule has 0 unspecified atom stereocenters. The highest BCUT2D eigenvalue weighted by molar-refractivity contribution is 5.63. The third-order valence-electron chi connectivity index (χ3n) is 3.94. The molecule has 0 radical (unpaired) electrons. The first kappa shape index (κ1) is 13.4. The Bertz CT molecular complexity index is 349. The maximum Gasteiger partial charge on any atom is -0.000823 e. The predicted octanol–water partition coefficient (Wildman–Crippen LogP) is 4.26. The summed E-state index contributed by atoms with van der Waals surface area (Å²) >= 11 is 0. The molecule has 1 heteroatoms. The summed E-state index contributed by atoms with van der Waals surface area (Å²) in [5.74, 6) is 0.920. The van der Waals surface area contributed by atoms with Gasteiger partial charge >= 0.3 is 0 Å². The molecule has 0 atom stereocenters. The average molecular weight is 243 g/mol. The molecule has 1 N–H and O–H groups in total. The van der Waals surface area contributed by atoms with Gasteiger partial charge in [0.15, 0.2) is 0 Å². The van der Waals surface area contributed by atoms with Crippen molar-refractivity contribution in [3.05, 3.63) is 42.5 Å². The van der Waals surface area contributed by atoms with Crippen molar-refractivity contribution >= 4 is 5.57 Å². The van der Waals surface area contributed by atoms with E-state index in [1.165, 1.54) is 49.8 Å². The lowest BCUT2D eigenvalue weighted by molar-refractivity contribution is 0.344. The number of nitrogens with one attached hydrogen (secondary N) is 1. The molecule has 0 aromatic heterocycles. The van der Waals surface area contributed by atoms with Gasteiger partial charge < -0.3 is 5.32 Å². The van der Waals surface area contributed by atoms with E-state index in [2.05, 4.69) is 42.2 Å². The fraction of sp³-hybridized carbons (Fsp3) is 0.529. The summed E-state index contributed by atoms with van der Waals surface area (Å²) in [6.45, 7) is 6.43. The van der Waals surface area contributed by atoms with Crippen molar-refractivity contribution in [1.29, 1.82) is 0 Å². The summed E-state index contributed by atoms with van der Waals surface area (Å²) in [7, 11) is 0. The molecule has 1 saturated carbocycles. The molecule has 0 heterocycles. The molecule has 1 fully saturated rings. The lowest BCUT2D eigenvalue weighted by atomic mass is 9.89. The van der Waals surface area contributed by atoms with E-state index in [4.69, 9.17) is 0 Å². The van der Waals surface area contributed by atoms with Crippen LogP contribution in [0.4, 0.5) is 0 Å². The van der Waals surface area contributed by atoms with Crippen LogP contribution in [-0.2, 0) is 0 Å². The topological polar surface area (TPSA) is 12.0 Å². The largest absolute Gasteiger partial charge is 0.316 e. The van der Waals surface area contributed by atoms with Crippen LogP contribution in [0.25, 0.3) is 5.57 Å². The van der Waals surface area contributed by atoms with E-state index in [1.807, 2.05) is 0 Å². The fourth-order valence-electron chi connectivity index (χ4n) is 2.75. The van der Waals surface area contributed by atoms with Crippen LogP contribution in [0.2, 0.25) is 0 Å². The van der Waals surface area contributed by atoms with E-state index in [-0.39, 0.29) is 0 Å². The van der Waals surface area contributed by atoms with Crippen LogP contribution in [0.1, 0.15) is 44.1 Å². The van der Waals surface area contributed by atoms with Crippen LogP contribution in [-0.4, -0.2) is 13.1 Å². The molecular weight excluding hydrogens is 218 g/mol. The second-order valence-electron chi connectivity index (χ2n) is 5.43. The zero-order chi connectivity index (χ0) is 12.6. The highest BCUT2D eigenvalue weighted by Crippen LogP contribution is 2.22. The van der Waals surface area contributed by atoms with Gasteiger partial charge in [0.1, 0.15) is 0 Å². The van der Waals surface area contributed by atoms with Crippen molar-refractivity contribution in [2.45, 2.75) is 38.5 Å². The molecule has 1 aliphatic carbocycles. The van der Waals surface area contributed by atoms with Crippen molar-refractivity contribution in [3.63, 3.8) is 0 Å². The van der Waals surface area contributed by atoms with Crippen LogP contribution < -0.4 is 5.32 Å². The quantitative estimate of drug-likeness (QED) is 0.736. The van der Waals surface area contributed by atoms with Gasteiger partial charge in [0.05, 0.1) is 0 Å². The second kappa shape index (κ2) is 7.38. The van der Waals surface area contributed by atoms with Gasteiger partial charge in [0.2, 0.25) is 0 Å². The minimum absolute atomic E-state index is 0.920. The van der Waals surface area contributed by atoms with Gasteiger partial charge in [-0.1, -0.05) is 56.2 Å². The maximum atomic E-state index is 4.17. The minimum Gasteiger partial charge on any atom is -0.316 e. The van der Waals surface area contributed by atoms with E-state index in [9.17, 15) is 0 Å². The minimum atomic E-state index is 0.920. The number of rotatable bonds is 6. The third-order valence-corrected chi connectivity index (χ3v) is 3.94. The lowest BCUT2D eigenvalue weighted by Gasteiger charge is -2.21. The molecule has 1 aromatic rings. The Kier molecular flexibility index (Phi) is 5.47. The predicted molar refractivity (Wildman–Crippen MR) is 79.5 cm³/mol. The van der Waals surface area contributed by atoms with E-state index >= 15 is 0 Å². The molecule has 0 saturated heterocycles. The number of benzene rings is 1. The summed E-state index contributed by atoms with van der Waals surface area (Å²) in [5.41, 5.74) is 2.52.